The highest BCUT2D eigenvalue weighted by Crippen LogP contribution is 2.11. The average Bonchev–Trinajstić information content (AvgIpc) is 2.68. The van der Waals surface area contributed by atoms with E-state index in [4.69, 9.17) is 9.47 Å². The van der Waals surface area contributed by atoms with Gasteiger partial charge in [-0.25, -0.2) is 9.59 Å². The van der Waals surface area contributed by atoms with Gasteiger partial charge in [0.2, 0.25) is 0 Å². The molecule has 0 fully saturated rings. The van der Waals surface area contributed by atoms with Gasteiger partial charge in [0, 0.05) is 0 Å². The highest BCUT2D eigenvalue weighted by Gasteiger charge is 2.19. The van der Waals surface area contributed by atoms with Crippen LogP contribution in [0, 0.1) is 0 Å². The zero-order valence-electron chi connectivity index (χ0n) is 16.6. The summed E-state index contributed by atoms with van der Waals surface area (Å²) in [5.41, 5.74) is 0.532. The van der Waals surface area contributed by atoms with Crippen LogP contribution in [0.2, 0.25) is 0 Å². The standard InChI is InChI=1S/C20H32N2O4/c1-5-21(6-2)13-15-25-19(23)17-11-9-10-12-18(17)20(24)26-16-14-22(7-3)8-4/h9-12H,5-8,13-16H2,1-4H3/p+2. The Balaban J connectivity index is 2.62. The first-order chi connectivity index (χ1) is 12.6. The number of nitrogens with one attached hydrogen (secondary N) is 2. The summed E-state index contributed by atoms with van der Waals surface area (Å²) < 4.78 is 10.7. The van der Waals surface area contributed by atoms with Crippen LogP contribution in [0.15, 0.2) is 24.3 Å². The molecule has 0 atom stereocenters. The lowest BCUT2D eigenvalue weighted by Crippen LogP contribution is -3.11. The van der Waals surface area contributed by atoms with Crippen LogP contribution in [0.3, 0.4) is 0 Å². The fourth-order valence-corrected chi connectivity index (χ4v) is 2.78. The predicted molar refractivity (Wildman–Crippen MR) is 101 cm³/mol. The molecule has 1 aromatic rings. The Kier molecular flexibility index (Phi) is 10.6. The fraction of sp³-hybridized carbons (Fsp3) is 0.600. The lowest BCUT2D eigenvalue weighted by Gasteiger charge is -2.16. The van der Waals surface area contributed by atoms with Crippen LogP contribution in [-0.2, 0) is 9.47 Å². The zero-order valence-corrected chi connectivity index (χ0v) is 16.6. The van der Waals surface area contributed by atoms with Gasteiger partial charge in [0.25, 0.3) is 0 Å². The van der Waals surface area contributed by atoms with E-state index < -0.39 is 11.9 Å². The highest BCUT2D eigenvalue weighted by molar-refractivity contribution is 6.03. The molecule has 1 aromatic carbocycles. The van der Waals surface area contributed by atoms with Gasteiger partial charge in [-0.15, -0.1) is 0 Å². The maximum Gasteiger partial charge on any atom is 0.339 e. The summed E-state index contributed by atoms with van der Waals surface area (Å²) in [5.74, 6) is -0.947. The van der Waals surface area contributed by atoms with E-state index in [0.717, 1.165) is 39.3 Å². The van der Waals surface area contributed by atoms with Crippen molar-refractivity contribution >= 4 is 11.9 Å². The van der Waals surface area contributed by atoms with Crippen LogP contribution < -0.4 is 9.80 Å². The Labute approximate surface area is 157 Å². The maximum absolute atomic E-state index is 12.4. The van der Waals surface area contributed by atoms with Gasteiger partial charge < -0.3 is 19.3 Å². The normalized spacial score (nSPS) is 11.0. The first-order valence-electron chi connectivity index (χ1n) is 9.67. The molecule has 0 aliphatic rings. The molecular weight excluding hydrogens is 332 g/mol. The Morgan fingerprint density at radius 3 is 1.38 bits per heavy atom. The van der Waals surface area contributed by atoms with E-state index in [2.05, 4.69) is 27.7 Å². The first-order valence-corrected chi connectivity index (χ1v) is 9.67. The van der Waals surface area contributed by atoms with Crippen LogP contribution in [-0.4, -0.2) is 64.4 Å². The molecule has 0 aliphatic carbocycles. The zero-order chi connectivity index (χ0) is 19.4. The van der Waals surface area contributed by atoms with Crippen molar-refractivity contribution in [3.63, 3.8) is 0 Å². The topological polar surface area (TPSA) is 61.5 Å². The molecule has 0 spiro atoms. The van der Waals surface area contributed by atoms with Crippen LogP contribution in [0.5, 0.6) is 0 Å². The van der Waals surface area contributed by atoms with Gasteiger partial charge >= 0.3 is 11.9 Å². The Morgan fingerprint density at radius 2 is 1.08 bits per heavy atom. The van der Waals surface area contributed by atoms with Crippen molar-refractivity contribution in [2.24, 2.45) is 0 Å². The molecule has 0 aliphatic heterocycles. The number of carbonyl (C=O) groups is 2. The van der Waals surface area contributed by atoms with Crippen molar-refractivity contribution in [2.45, 2.75) is 27.7 Å². The average molecular weight is 367 g/mol. The quantitative estimate of drug-likeness (QED) is 0.505. The minimum atomic E-state index is -0.474. The van der Waals surface area contributed by atoms with Gasteiger partial charge in [0.1, 0.15) is 26.3 Å². The third-order valence-electron chi connectivity index (χ3n) is 4.74. The summed E-state index contributed by atoms with van der Waals surface area (Å²) in [5, 5.41) is 0. The number of rotatable bonds is 12. The van der Waals surface area contributed by atoms with Crippen molar-refractivity contribution in [1.29, 1.82) is 0 Å². The van der Waals surface area contributed by atoms with E-state index in [1.807, 2.05) is 0 Å². The molecule has 0 aromatic heterocycles. The van der Waals surface area contributed by atoms with Gasteiger partial charge in [0.15, 0.2) is 0 Å². The van der Waals surface area contributed by atoms with Crippen LogP contribution in [0.4, 0.5) is 0 Å². The van der Waals surface area contributed by atoms with E-state index in [9.17, 15) is 9.59 Å². The number of carbonyl (C=O) groups excluding carboxylic acids is 2. The number of ether oxygens (including phenoxy) is 2. The molecule has 0 heterocycles. The Bertz CT molecular complexity index is 505. The number of likely N-dealkylation sites (N-methyl/N-ethyl adjacent to an activating group) is 2. The molecule has 0 bridgehead atoms. The third kappa shape index (κ3) is 7.14. The van der Waals surface area contributed by atoms with Crippen molar-refractivity contribution < 1.29 is 28.9 Å². The van der Waals surface area contributed by atoms with E-state index in [-0.39, 0.29) is 11.1 Å². The minimum absolute atomic E-state index is 0.266. The van der Waals surface area contributed by atoms with E-state index in [1.165, 1.54) is 9.80 Å². The molecule has 0 radical (unpaired) electrons. The molecule has 6 heteroatoms. The fourth-order valence-electron chi connectivity index (χ4n) is 2.78. The molecular formula is C20H34N2O4+2. The molecule has 1 rings (SSSR count). The highest BCUT2D eigenvalue weighted by atomic mass is 16.5. The molecule has 0 saturated carbocycles. The Morgan fingerprint density at radius 1 is 0.731 bits per heavy atom. The van der Waals surface area contributed by atoms with Crippen LogP contribution in [0.1, 0.15) is 48.4 Å². The van der Waals surface area contributed by atoms with Crippen molar-refractivity contribution in [2.75, 3.05) is 52.5 Å². The number of benzene rings is 1. The summed E-state index contributed by atoms with van der Waals surface area (Å²) in [6, 6.07) is 6.67. The summed E-state index contributed by atoms with van der Waals surface area (Å²) in [4.78, 5) is 27.4. The molecule has 0 amide bonds. The number of esters is 2. The van der Waals surface area contributed by atoms with Gasteiger partial charge in [-0.05, 0) is 39.8 Å². The van der Waals surface area contributed by atoms with Gasteiger partial charge in [-0.3, -0.25) is 0 Å². The van der Waals surface area contributed by atoms with Gasteiger partial charge in [-0.1, -0.05) is 12.1 Å². The lowest BCUT2D eigenvalue weighted by atomic mass is 10.1. The van der Waals surface area contributed by atoms with Crippen LogP contribution in [0.25, 0.3) is 0 Å². The second-order valence-corrected chi connectivity index (χ2v) is 6.23. The van der Waals surface area contributed by atoms with Gasteiger partial charge in [0.05, 0.1) is 37.3 Å². The molecule has 0 unspecified atom stereocenters. The molecule has 2 N–H and O–H groups in total. The second-order valence-electron chi connectivity index (χ2n) is 6.23. The summed E-state index contributed by atoms with van der Waals surface area (Å²) >= 11 is 0. The lowest BCUT2D eigenvalue weighted by molar-refractivity contribution is -0.896. The van der Waals surface area contributed by atoms with E-state index in [1.54, 1.807) is 24.3 Å². The Hall–Kier alpha value is -1.92. The summed E-state index contributed by atoms with van der Waals surface area (Å²) in [7, 11) is 0. The van der Waals surface area contributed by atoms with E-state index in [0.29, 0.717) is 13.2 Å². The first kappa shape index (κ1) is 22.1. The minimum Gasteiger partial charge on any atom is -0.456 e. The van der Waals surface area contributed by atoms with Crippen molar-refractivity contribution in [3.05, 3.63) is 35.4 Å². The predicted octanol–water partition coefficient (Wildman–Crippen LogP) is -0.150. The molecule has 146 valence electrons. The molecule has 6 nitrogen and oxygen atoms in total. The van der Waals surface area contributed by atoms with Crippen molar-refractivity contribution in [1.82, 2.24) is 0 Å². The number of hydrogen-bond donors (Lipinski definition) is 2. The molecule has 26 heavy (non-hydrogen) atoms. The number of quaternary nitrogens is 2. The maximum atomic E-state index is 12.4. The monoisotopic (exact) mass is 366 g/mol. The van der Waals surface area contributed by atoms with Crippen molar-refractivity contribution in [3.8, 4) is 0 Å². The van der Waals surface area contributed by atoms with E-state index >= 15 is 0 Å². The largest absolute Gasteiger partial charge is 0.456 e. The smallest absolute Gasteiger partial charge is 0.339 e. The van der Waals surface area contributed by atoms with Gasteiger partial charge in [-0.2, -0.15) is 0 Å². The summed E-state index contributed by atoms with van der Waals surface area (Å²) in [6.07, 6.45) is 0. The summed E-state index contributed by atoms with van der Waals surface area (Å²) in [6.45, 7) is 14.6. The SMILES string of the molecule is CC[NH+](CC)CCOC(=O)c1ccccc1C(=O)OCC[NH+](CC)CC. The molecule has 0 saturated heterocycles. The second kappa shape index (κ2) is 12.4. The number of hydrogen-bond acceptors (Lipinski definition) is 4. The third-order valence-corrected chi connectivity index (χ3v) is 4.74. The van der Waals surface area contributed by atoms with Crippen LogP contribution >= 0.6 is 0 Å².